The average molecular weight is 332 g/mol. The highest BCUT2D eigenvalue weighted by molar-refractivity contribution is 6.51. The van der Waals surface area contributed by atoms with E-state index >= 15 is 0 Å². The van der Waals surface area contributed by atoms with Crippen LogP contribution < -0.4 is 0 Å². The van der Waals surface area contributed by atoms with Crippen LogP contribution >= 0.6 is 0 Å². The molecule has 1 rings (SSSR count). The Morgan fingerprint density at radius 3 is 1.71 bits per heavy atom. The zero-order chi connectivity index (χ0) is 16.2. The Kier molecular flexibility index (Phi) is 6.22. The summed E-state index contributed by atoms with van der Waals surface area (Å²) in [6.07, 6.45) is -0.579. The summed E-state index contributed by atoms with van der Waals surface area (Å²) < 4.78 is 79.4. The Bertz CT molecular complexity index is 481. The fourth-order valence-corrected chi connectivity index (χ4v) is 2.33. The van der Waals surface area contributed by atoms with Crippen LogP contribution in [-0.2, 0) is 19.7 Å². The van der Waals surface area contributed by atoms with Crippen molar-refractivity contribution in [1.29, 1.82) is 0 Å². The summed E-state index contributed by atoms with van der Waals surface area (Å²) in [5.41, 5.74) is -0.935. The molecule has 0 unspecified atom stereocenters. The summed E-state index contributed by atoms with van der Waals surface area (Å²) in [6.45, 7) is -0.246. The van der Waals surface area contributed by atoms with E-state index in [-0.39, 0.29) is 13.0 Å². The van der Waals surface area contributed by atoms with E-state index in [1.54, 1.807) is 0 Å². The Morgan fingerprint density at radius 1 is 0.857 bits per heavy atom. The quantitative estimate of drug-likeness (QED) is 0.273. The van der Waals surface area contributed by atoms with Gasteiger partial charge in [0.05, 0.1) is 0 Å². The molecule has 0 fully saturated rings. The maximum absolute atomic E-state index is 13.3. The lowest BCUT2D eigenvalue weighted by Gasteiger charge is -2.18. The number of hydrogen-bond donors (Lipinski definition) is 1. The van der Waals surface area contributed by atoms with Crippen LogP contribution in [-0.4, -0.2) is 34.7 Å². The van der Waals surface area contributed by atoms with Crippen molar-refractivity contribution in [3.8, 4) is 0 Å². The first kappa shape index (κ1) is 18.0. The molecule has 0 aliphatic heterocycles. The normalized spacial score (nSPS) is 12.0. The van der Waals surface area contributed by atoms with E-state index in [0.717, 1.165) is 14.2 Å². The van der Waals surface area contributed by atoms with Crippen LogP contribution in [0.25, 0.3) is 0 Å². The van der Waals surface area contributed by atoms with Gasteiger partial charge in [-0.3, -0.25) is 0 Å². The van der Waals surface area contributed by atoms with Crippen molar-refractivity contribution in [1.82, 2.24) is 0 Å². The van der Waals surface area contributed by atoms with Crippen LogP contribution in [0.1, 0.15) is 12.0 Å². The lowest BCUT2D eigenvalue weighted by atomic mass is 10.1. The summed E-state index contributed by atoms with van der Waals surface area (Å²) >= 11 is 0. The van der Waals surface area contributed by atoms with Crippen LogP contribution in [0.15, 0.2) is 0 Å². The van der Waals surface area contributed by atoms with E-state index in [4.69, 9.17) is 4.43 Å². The second-order valence-corrected chi connectivity index (χ2v) is 6.09. The topological polar surface area (TPSA) is 47.9 Å². The molecule has 1 aromatic rings. The first-order valence-corrected chi connectivity index (χ1v) is 7.41. The van der Waals surface area contributed by atoms with Gasteiger partial charge in [-0.05, 0) is 12.8 Å². The fourth-order valence-electron chi connectivity index (χ4n) is 1.52. The van der Waals surface area contributed by atoms with Crippen molar-refractivity contribution in [3.63, 3.8) is 0 Å². The molecule has 0 atom stereocenters. The standard InChI is InChI=1S/C11H13F5O4Si/c1-18-21(17,19-2)20-5-3-4-6-7(12)9(14)11(16)10(15)8(6)13/h17H,3-5H2,1-2H3. The van der Waals surface area contributed by atoms with Gasteiger partial charge in [0, 0.05) is 26.4 Å². The highest BCUT2D eigenvalue weighted by Crippen LogP contribution is 2.24. The predicted octanol–water partition coefficient (Wildman–Crippen LogP) is 2.05. The van der Waals surface area contributed by atoms with Crippen molar-refractivity contribution >= 4 is 9.05 Å². The van der Waals surface area contributed by atoms with E-state index in [0.29, 0.717) is 0 Å². The molecule has 1 aromatic carbocycles. The van der Waals surface area contributed by atoms with Gasteiger partial charge in [0.2, 0.25) is 5.82 Å². The molecular formula is C11H13F5O4Si. The maximum Gasteiger partial charge on any atom is 0.676 e. The largest absolute Gasteiger partial charge is 0.676 e. The fraction of sp³-hybridized carbons (Fsp3) is 0.455. The molecule has 0 radical (unpaired) electrons. The SMILES string of the molecule is CO[Si](O)(OC)OCCCc1c(F)c(F)c(F)c(F)c1F. The minimum absolute atomic E-state index is 0.111. The summed E-state index contributed by atoms with van der Waals surface area (Å²) in [6, 6.07) is 0. The zero-order valence-electron chi connectivity index (χ0n) is 11.2. The third-order valence-electron chi connectivity index (χ3n) is 2.67. The third kappa shape index (κ3) is 3.98. The van der Waals surface area contributed by atoms with Crippen molar-refractivity contribution in [3.05, 3.63) is 34.6 Å². The molecule has 0 spiro atoms. The van der Waals surface area contributed by atoms with E-state index in [1.165, 1.54) is 0 Å². The van der Waals surface area contributed by atoms with E-state index < -0.39 is 50.1 Å². The van der Waals surface area contributed by atoms with Gasteiger partial charge in [-0.15, -0.1) is 0 Å². The lowest BCUT2D eigenvalue weighted by Crippen LogP contribution is -2.44. The van der Waals surface area contributed by atoms with Crippen molar-refractivity contribution in [2.75, 3.05) is 20.8 Å². The molecule has 0 aliphatic rings. The molecule has 120 valence electrons. The lowest BCUT2D eigenvalue weighted by molar-refractivity contribution is 0.0226. The minimum atomic E-state index is -3.79. The van der Waals surface area contributed by atoms with Gasteiger partial charge < -0.3 is 18.1 Å². The average Bonchev–Trinajstić information content (AvgIpc) is 2.50. The minimum Gasteiger partial charge on any atom is -0.367 e. The van der Waals surface area contributed by atoms with Gasteiger partial charge in [-0.1, -0.05) is 0 Å². The summed E-state index contributed by atoms with van der Waals surface area (Å²) in [4.78, 5) is 9.51. The van der Waals surface area contributed by atoms with Gasteiger partial charge in [0.15, 0.2) is 23.3 Å². The van der Waals surface area contributed by atoms with Crippen LogP contribution in [0.3, 0.4) is 0 Å². The smallest absolute Gasteiger partial charge is 0.367 e. The Hall–Kier alpha value is -1.07. The zero-order valence-corrected chi connectivity index (χ0v) is 12.2. The molecule has 0 saturated heterocycles. The van der Waals surface area contributed by atoms with Crippen LogP contribution in [0, 0.1) is 29.1 Å². The first-order valence-electron chi connectivity index (χ1n) is 5.74. The monoisotopic (exact) mass is 332 g/mol. The van der Waals surface area contributed by atoms with E-state index in [9.17, 15) is 26.7 Å². The molecule has 0 heterocycles. The molecule has 0 aromatic heterocycles. The molecule has 0 bridgehead atoms. The van der Waals surface area contributed by atoms with Gasteiger partial charge in [0.25, 0.3) is 0 Å². The summed E-state index contributed by atoms with van der Waals surface area (Å²) in [5, 5.41) is 0. The molecule has 10 heteroatoms. The molecular weight excluding hydrogens is 319 g/mol. The number of halogens is 5. The Labute approximate surface area is 118 Å². The van der Waals surface area contributed by atoms with Crippen molar-refractivity contribution < 1.29 is 40.0 Å². The van der Waals surface area contributed by atoms with Crippen LogP contribution in [0.4, 0.5) is 22.0 Å². The van der Waals surface area contributed by atoms with E-state index in [2.05, 4.69) is 8.85 Å². The second-order valence-electron chi connectivity index (χ2n) is 3.93. The van der Waals surface area contributed by atoms with Crippen LogP contribution in [0.5, 0.6) is 0 Å². The molecule has 1 N–H and O–H groups in total. The van der Waals surface area contributed by atoms with Crippen molar-refractivity contribution in [2.45, 2.75) is 12.8 Å². The van der Waals surface area contributed by atoms with Crippen LogP contribution in [0.2, 0.25) is 0 Å². The van der Waals surface area contributed by atoms with E-state index in [1.807, 2.05) is 0 Å². The summed E-state index contributed by atoms with van der Waals surface area (Å²) in [5.74, 6) is -9.95. The molecule has 0 amide bonds. The highest BCUT2D eigenvalue weighted by atomic mass is 28.4. The van der Waals surface area contributed by atoms with Gasteiger partial charge in [-0.25, -0.2) is 22.0 Å². The molecule has 0 aliphatic carbocycles. The Balaban J connectivity index is 2.73. The number of rotatable bonds is 7. The molecule has 0 saturated carbocycles. The van der Waals surface area contributed by atoms with Gasteiger partial charge in [-0.2, -0.15) is 0 Å². The first-order chi connectivity index (χ1) is 9.77. The summed E-state index contributed by atoms with van der Waals surface area (Å²) in [7, 11) is -1.51. The third-order valence-corrected chi connectivity index (χ3v) is 4.27. The maximum atomic E-state index is 13.3. The number of hydrogen-bond acceptors (Lipinski definition) is 4. The highest BCUT2D eigenvalue weighted by Gasteiger charge is 2.38. The van der Waals surface area contributed by atoms with Crippen molar-refractivity contribution in [2.24, 2.45) is 0 Å². The second kappa shape index (κ2) is 7.27. The Morgan fingerprint density at radius 2 is 1.29 bits per heavy atom. The number of benzene rings is 1. The van der Waals surface area contributed by atoms with Gasteiger partial charge in [0.1, 0.15) is 0 Å². The molecule has 4 nitrogen and oxygen atoms in total. The molecule has 21 heavy (non-hydrogen) atoms. The predicted molar refractivity (Wildman–Crippen MR) is 62.5 cm³/mol. The van der Waals surface area contributed by atoms with Gasteiger partial charge >= 0.3 is 9.05 Å².